The van der Waals surface area contributed by atoms with Gasteiger partial charge in [0.1, 0.15) is 11.6 Å². The van der Waals surface area contributed by atoms with Crippen LogP contribution < -0.4 is 10.1 Å². The Hall–Kier alpha value is -4.21. The van der Waals surface area contributed by atoms with Crippen molar-refractivity contribution in [3.8, 4) is 5.75 Å². The molecule has 1 fully saturated rings. The minimum absolute atomic E-state index is 0.0118. The van der Waals surface area contributed by atoms with Gasteiger partial charge in [-0.2, -0.15) is 5.10 Å². The number of ether oxygens (including phenoxy) is 1. The van der Waals surface area contributed by atoms with E-state index in [1.165, 1.54) is 12.1 Å². The van der Waals surface area contributed by atoms with E-state index in [0.717, 1.165) is 17.0 Å². The third-order valence-electron chi connectivity index (χ3n) is 8.06. The minimum atomic E-state index is -0.433. The van der Waals surface area contributed by atoms with Gasteiger partial charge in [0.15, 0.2) is 0 Å². The summed E-state index contributed by atoms with van der Waals surface area (Å²) in [4.78, 5) is 43.4. The number of nitrogens with one attached hydrogen (secondary N) is 1. The second-order valence-corrected chi connectivity index (χ2v) is 11.2. The topological polar surface area (TPSA) is 96.8 Å². The molecule has 2 bridgehead atoms. The van der Waals surface area contributed by atoms with Crippen LogP contribution in [-0.4, -0.2) is 76.6 Å². The van der Waals surface area contributed by atoms with Gasteiger partial charge in [-0.15, -0.1) is 0 Å². The normalized spacial score (nSPS) is 19.5. The molecule has 2 aliphatic heterocycles. The van der Waals surface area contributed by atoms with Crippen LogP contribution in [-0.2, 0) is 27.3 Å². The van der Waals surface area contributed by atoms with Gasteiger partial charge in [0, 0.05) is 57.3 Å². The molecular formula is C32H38FN5O4. The van der Waals surface area contributed by atoms with Crippen molar-refractivity contribution in [2.24, 2.45) is 5.92 Å². The number of halogens is 1. The molecule has 3 aromatic rings. The van der Waals surface area contributed by atoms with Crippen LogP contribution >= 0.6 is 0 Å². The highest BCUT2D eigenvalue weighted by atomic mass is 19.1. The quantitative estimate of drug-likeness (QED) is 0.504. The maximum absolute atomic E-state index is 13.7. The molecule has 222 valence electrons. The van der Waals surface area contributed by atoms with E-state index in [4.69, 9.17) is 4.74 Å². The Morgan fingerprint density at radius 3 is 2.60 bits per heavy atom. The summed E-state index contributed by atoms with van der Waals surface area (Å²) in [5, 5.41) is 7.48. The number of likely N-dealkylation sites (tertiary alicyclic amines) is 1. The number of hydrogen-bond donors (Lipinski definition) is 1. The standard InChI is InChI=1S/C32H38FN5O4/c1-22-16-23(2)38(35-22)13-10-30(39)37-20-28-25-7-4-9-27(19-25)42-15-5-12-36(14-11-34-32(41)29(28)21-37)31(40)18-24-6-3-8-26(33)17-24/h3-4,6-9,16-17,19,28-29H,5,10-15,18,20-21H2,1-2H3,(H,34,41)/t28-,29+/m1/s1. The van der Waals surface area contributed by atoms with Crippen LogP contribution in [0.3, 0.4) is 0 Å². The molecule has 0 saturated carbocycles. The van der Waals surface area contributed by atoms with Crippen molar-refractivity contribution in [1.29, 1.82) is 0 Å². The Balaban J connectivity index is 1.29. The molecule has 9 nitrogen and oxygen atoms in total. The smallest absolute Gasteiger partial charge is 0.227 e. The van der Waals surface area contributed by atoms with Gasteiger partial charge < -0.3 is 19.9 Å². The lowest BCUT2D eigenvalue weighted by atomic mass is 9.88. The maximum Gasteiger partial charge on any atom is 0.227 e. The lowest BCUT2D eigenvalue weighted by Crippen LogP contribution is -2.42. The van der Waals surface area contributed by atoms with E-state index in [0.29, 0.717) is 63.5 Å². The van der Waals surface area contributed by atoms with E-state index >= 15 is 0 Å². The number of carbonyl (C=O) groups is 3. The summed E-state index contributed by atoms with van der Waals surface area (Å²) in [5.74, 6) is -0.596. The fourth-order valence-corrected chi connectivity index (χ4v) is 5.89. The molecule has 0 unspecified atom stereocenters. The fourth-order valence-electron chi connectivity index (χ4n) is 5.89. The summed E-state index contributed by atoms with van der Waals surface area (Å²) in [6.45, 7) is 6.63. The number of hydrogen-bond acceptors (Lipinski definition) is 5. The molecule has 3 amide bonds. The molecule has 0 aliphatic carbocycles. The van der Waals surface area contributed by atoms with Gasteiger partial charge in [-0.25, -0.2) is 4.39 Å². The highest BCUT2D eigenvalue weighted by Gasteiger charge is 2.40. The Morgan fingerprint density at radius 2 is 1.81 bits per heavy atom. The Bertz CT molecular complexity index is 1440. The number of amides is 3. The number of aromatic nitrogens is 2. The Morgan fingerprint density at radius 1 is 1.00 bits per heavy atom. The zero-order valence-corrected chi connectivity index (χ0v) is 24.2. The lowest BCUT2D eigenvalue weighted by Gasteiger charge is -2.25. The average Bonchev–Trinajstić information content (AvgIpc) is 3.55. The van der Waals surface area contributed by atoms with Gasteiger partial charge in [-0.3, -0.25) is 19.1 Å². The van der Waals surface area contributed by atoms with Crippen LogP contribution in [0.25, 0.3) is 0 Å². The van der Waals surface area contributed by atoms with Gasteiger partial charge in [-0.1, -0.05) is 24.3 Å². The summed E-state index contributed by atoms with van der Waals surface area (Å²) in [6, 6.07) is 15.8. The number of rotatable bonds is 5. The molecule has 1 saturated heterocycles. The zero-order chi connectivity index (χ0) is 29.6. The number of nitrogens with zero attached hydrogens (tertiary/aromatic N) is 4. The highest BCUT2D eigenvalue weighted by molar-refractivity contribution is 5.83. The summed E-state index contributed by atoms with van der Waals surface area (Å²) >= 11 is 0. The van der Waals surface area contributed by atoms with Crippen LogP contribution in [0.5, 0.6) is 5.75 Å². The van der Waals surface area contributed by atoms with Crippen LogP contribution in [0.4, 0.5) is 4.39 Å². The van der Waals surface area contributed by atoms with Crippen molar-refractivity contribution in [3.63, 3.8) is 0 Å². The van der Waals surface area contributed by atoms with E-state index in [9.17, 15) is 18.8 Å². The summed E-state index contributed by atoms with van der Waals surface area (Å²) in [7, 11) is 0. The first-order valence-corrected chi connectivity index (χ1v) is 14.6. The van der Waals surface area contributed by atoms with Gasteiger partial charge in [0.25, 0.3) is 0 Å². The highest BCUT2D eigenvalue weighted by Crippen LogP contribution is 2.35. The van der Waals surface area contributed by atoms with Crippen molar-refractivity contribution < 1.29 is 23.5 Å². The molecule has 1 N–H and O–H groups in total. The molecular weight excluding hydrogens is 537 g/mol. The van der Waals surface area contributed by atoms with Crippen molar-refractivity contribution in [2.45, 2.75) is 45.6 Å². The first kappa shape index (κ1) is 29.3. The number of fused-ring (bicyclic) bond motifs is 4. The van der Waals surface area contributed by atoms with Crippen LogP contribution in [0, 0.1) is 25.6 Å². The van der Waals surface area contributed by atoms with Crippen LogP contribution in [0.15, 0.2) is 54.6 Å². The van der Waals surface area contributed by atoms with Gasteiger partial charge in [0.2, 0.25) is 17.7 Å². The number of benzene rings is 2. The van der Waals surface area contributed by atoms with Gasteiger partial charge >= 0.3 is 0 Å². The monoisotopic (exact) mass is 575 g/mol. The molecule has 0 radical (unpaired) electrons. The maximum atomic E-state index is 13.7. The van der Waals surface area contributed by atoms with Crippen molar-refractivity contribution in [2.75, 3.05) is 39.3 Å². The van der Waals surface area contributed by atoms with Crippen molar-refractivity contribution in [1.82, 2.24) is 24.9 Å². The number of aryl methyl sites for hydroxylation is 3. The summed E-state index contributed by atoms with van der Waals surface area (Å²) < 4.78 is 21.5. The molecule has 2 aromatic carbocycles. The average molecular weight is 576 g/mol. The second-order valence-electron chi connectivity index (χ2n) is 11.2. The third kappa shape index (κ3) is 7.16. The third-order valence-corrected chi connectivity index (χ3v) is 8.06. The van der Waals surface area contributed by atoms with Gasteiger partial charge in [-0.05, 0) is 61.7 Å². The van der Waals surface area contributed by atoms with E-state index < -0.39 is 5.92 Å². The number of carbonyl (C=O) groups excluding carboxylic acids is 3. The SMILES string of the molecule is Cc1cc(C)n(CCC(=O)N2C[C@@H]3C(=O)NCCN(C(=O)Cc4cccc(F)c4)CCCOc4cccc(c4)[C@H]3C2)n1. The predicted molar refractivity (Wildman–Crippen MR) is 155 cm³/mol. The van der Waals surface area contributed by atoms with E-state index in [1.807, 2.05) is 48.9 Å². The second kappa shape index (κ2) is 13.2. The Labute approximate surface area is 245 Å². The molecule has 2 atom stereocenters. The van der Waals surface area contributed by atoms with E-state index in [-0.39, 0.29) is 42.4 Å². The molecule has 3 heterocycles. The van der Waals surface area contributed by atoms with E-state index in [2.05, 4.69) is 10.4 Å². The van der Waals surface area contributed by atoms with Crippen LogP contribution in [0.2, 0.25) is 0 Å². The molecule has 1 aromatic heterocycles. The molecule has 42 heavy (non-hydrogen) atoms. The van der Waals surface area contributed by atoms with Crippen molar-refractivity contribution >= 4 is 17.7 Å². The lowest BCUT2D eigenvalue weighted by molar-refractivity contribution is -0.132. The van der Waals surface area contributed by atoms with E-state index in [1.54, 1.807) is 21.9 Å². The summed E-state index contributed by atoms with van der Waals surface area (Å²) in [5.41, 5.74) is 3.49. The minimum Gasteiger partial charge on any atom is -0.494 e. The first-order chi connectivity index (χ1) is 20.3. The van der Waals surface area contributed by atoms with Crippen LogP contribution in [0.1, 0.15) is 41.3 Å². The zero-order valence-electron chi connectivity index (χ0n) is 24.2. The fraction of sp³-hybridized carbons (Fsp3) is 0.438. The summed E-state index contributed by atoms with van der Waals surface area (Å²) in [6.07, 6.45) is 0.985. The molecule has 2 aliphatic rings. The Kier molecular flexibility index (Phi) is 9.19. The first-order valence-electron chi connectivity index (χ1n) is 14.6. The molecule has 10 heteroatoms. The molecule has 0 spiro atoms. The van der Waals surface area contributed by atoms with Gasteiger partial charge in [0.05, 0.1) is 24.6 Å². The largest absolute Gasteiger partial charge is 0.494 e. The van der Waals surface area contributed by atoms with Crippen molar-refractivity contribution in [3.05, 3.63) is 82.9 Å². The predicted octanol–water partition coefficient (Wildman–Crippen LogP) is 3.24. The molecule has 5 rings (SSSR count).